The van der Waals surface area contributed by atoms with Crippen molar-refractivity contribution in [2.45, 2.75) is 18.2 Å². The Morgan fingerprint density at radius 1 is 0.700 bits per heavy atom. The average molecular weight is 400 g/mol. The average Bonchev–Trinajstić information content (AvgIpc) is 3.43. The van der Waals surface area contributed by atoms with Crippen LogP contribution in [0.4, 0.5) is 0 Å². The molecule has 5 heteroatoms. The van der Waals surface area contributed by atoms with Crippen molar-refractivity contribution in [3.63, 3.8) is 0 Å². The lowest BCUT2D eigenvalue weighted by molar-refractivity contribution is 0.351. The van der Waals surface area contributed by atoms with Gasteiger partial charge in [-0.3, -0.25) is 9.89 Å². The zero-order valence-corrected chi connectivity index (χ0v) is 17.3. The Morgan fingerprint density at radius 2 is 1.43 bits per heavy atom. The Balaban J connectivity index is 1.55. The van der Waals surface area contributed by atoms with Gasteiger partial charge in [-0.05, 0) is 53.1 Å². The van der Waals surface area contributed by atoms with Crippen molar-refractivity contribution >= 4 is 5.71 Å². The Labute approximate surface area is 176 Å². The molecule has 5 rings (SSSR count). The lowest BCUT2D eigenvalue weighted by atomic mass is 10.0. The minimum atomic E-state index is -0.0582. The molecule has 4 atom stereocenters. The van der Waals surface area contributed by atoms with E-state index in [9.17, 15) is 0 Å². The van der Waals surface area contributed by atoms with Crippen LogP contribution in [0.15, 0.2) is 77.8 Å². The second-order valence-electron chi connectivity index (χ2n) is 7.48. The Bertz CT molecular complexity index is 1080. The molecule has 3 aromatic carbocycles. The summed E-state index contributed by atoms with van der Waals surface area (Å²) in [6.07, 6.45) is -0.0582. The van der Waals surface area contributed by atoms with Gasteiger partial charge >= 0.3 is 0 Å². The summed E-state index contributed by atoms with van der Waals surface area (Å²) in [5.74, 6) is 2.29. The zero-order chi connectivity index (χ0) is 20.7. The number of hydrogen-bond donors (Lipinski definition) is 0. The van der Waals surface area contributed by atoms with Crippen LogP contribution in [0.3, 0.4) is 0 Å². The van der Waals surface area contributed by atoms with Gasteiger partial charge < -0.3 is 14.2 Å². The molecule has 0 amide bonds. The van der Waals surface area contributed by atoms with Crippen molar-refractivity contribution in [1.29, 1.82) is 0 Å². The maximum atomic E-state index is 5.53. The van der Waals surface area contributed by atoms with E-state index in [-0.39, 0.29) is 12.2 Å². The highest BCUT2D eigenvalue weighted by molar-refractivity contribution is 6.08. The molecule has 2 heterocycles. The monoisotopic (exact) mass is 400 g/mol. The van der Waals surface area contributed by atoms with Crippen LogP contribution in [0.5, 0.6) is 17.2 Å². The van der Waals surface area contributed by atoms with Crippen molar-refractivity contribution < 1.29 is 14.2 Å². The number of hydrogen-bond acceptors (Lipinski definition) is 5. The molecule has 3 aromatic rings. The third-order valence-electron chi connectivity index (χ3n) is 5.91. The van der Waals surface area contributed by atoms with Crippen LogP contribution >= 0.6 is 0 Å². The van der Waals surface area contributed by atoms with Crippen molar-refractivity contribution in [2.24, 2.45) is 4.99 Å². The molecular weight excluding hydrogens is 376 g/mol. The topological polar surface area (TPSA) is 43.1 Å². The minimum Gasteiger partial charge on any atom is -0.497 e. The smallest absolute Gasteiger partial charge is 0.161 e. The summed E-state index contributed by atoms with van der Waals surface area (Å²) < 4.78 is 16.3. The third kappa shape index (κ3) is 3.02. The van der Waals surface area contributed by atoms with Gasteiger partial charge in [0.25, 0.3) is 0 Å². The summed E-state index contributed by atoms with van der Waals surface area (Å²) in [4.78, 5) is 7.58. The molecule has 1 fully saturated rings. The van der Waals surface area contributed by atoms with Gasteiger partial charge in [-0.2, -0.15) is 0 Å². The third-order valence-corrected chi connectivity index (χ3v) is 5.91. The molecular formula is C25H24N2O3. The summed E-state index contributed by atoms with van der Waals surface area (Å²) in [6, 6.07) is 25.4. The first kappa shape index (κ1) is 18.7. The number of aliphatic imine (C=N–C) groups is 1. The number of nitrogens with zero attached hydrogens (tertiary/aromatic N) is 2. The highest BCUT2D eigenvalue weighted by atomic mass is 16.5. The summed E-state index contributed by atoms with van der Waals surface area (Å²) in [7, 11) is 5.00. The molecule has 2 aliphatic rings. The van der Waals surface area contributed by atoms with Gasteiger partial charge in [-0.25, -0.2) is 0 Å². The maximum Gasteiger partial charge on any atom is 0.161 e. The predicted molar refractivity (Wildman–Crippen MR) is 117 cm³/mol. The number of ether oxygens (including phenoxy) is 3. The first-order chi connectivity index (χ1) is 14.7. The lowest BCUT2D eigenvalue weighted by Crippen LogP contribution is -2.08. The van der Waals surface area contributed by atoms with Gasteiger partial charge in [0.1, 0.15) is 11.9 Å². The number of rotatable bonds is 6. The second kappa shape index (κ2) is 7.50. The van der Waals surface area contributed by atoms with Crippen LogP contribution in [-0.4, -0.2) is 38.0 Å². The predicted octanol–water partition coefficient (Wildman–Crippen LogP) is 4.64. The summed E-state index contributed by atoms with van der Waals surface area (Å²) in [5.41, 5.74) is 4.66. The summed E-state index contributed by atoms with van der Waals surface area (Å²) in [5, 5.41) is 0. The van der Waals surface area contributed by atoms with Gasteiger partial charge in [0, 0.05) is 0 Å². The van der Waals surface area contributed by atoms with Gasteiger partial charge in [-0.1, -0.05) is 36.4 Å². The SMILES string of the molecule is COc1ccc(C2=NC(c3ccc(OC)c(OC)c3)N3C2C3c2ccccc2)cc1. The molecule has 152 valence electrons. The van der Waals surface area contributed by atoms with Crippen molar-refractivity contribution in [3.8, 4) is 17.2 Å². The fourth-order valence-corrected chi connectivity index (χ4v) is 4.39. The van der Waals surface area contributed by atoms with E-state index in [0.717, 1.165) is 34.1 Å². The minimum absolute atomic E-state index is 0.0582. The fraction of sp³-hybridized carbons (Fsp3) is 0.240. The van der Waals surface area contributed by atoms with Gasteiger partial charge in [0.2, 0.25) is 0 Å². The normalized spacial score (nSPS) is 24.0. The molecule has 0 aliphatic carbocycles. The summed E-state index contributed by atoms with van der Waals surface area (Å²) >= 11 is 0. The molecule has 0 saturated carbocycles. The van der Waals surface area contributed by atoms with E-state index < -0.39 is 0 Å². The van der Waals surface area contributed by atoms with Crippen molar-refractivity contribution in [2.75, 3.05) is 21.3 Å². The van der Waals surface area contributed by atoms with Crippen LogP contribution in [-0.2, 0) is 0 Å². The van der Waals surface area contributed by atoms with E-state index >= 15 is 0 Å². The Hall–Kier alpha value is -3.31. The molecule has 0 spiro atoms. The number of methoxy groups -OCH3 is 3. The molecule has 5 nitrogen and oxygen atoms in total. The molecule has 0 N–H and O–H groups in total. The van der Waals surface area contributed by atoms with E-state index in [2.05, 4.69) is 53.4 Å². The van der Waals surface area contributed by atoms with E-state index in [4.69, 9.17) is 19.2 Å². The van der Waals surface area contributed by atoms with E-state index in [1.165, 1.54) is 5.56 Å². The van der Waals surface area contributed by atoms with Gasteiger partial charge in [0.05, 0.1) is 39.1 Å². The van der Waals surface area contributed by atoms with Crippen LogP contribution < -0.4 is 14.2 Å². The van der Waals surface area contributed by atoms with E-state index in [1.54, 1.807) is 21.3 Å². The van der Waals surface area contributed by atoms with Crippen LogP contribution in [0.2, 0.25) is 0 Å². The largest absolute Gasteiger partial charge is 0.497 e. The quantitative estimate of drug-likeness (QED) is 0.566. The first-order valence-electron chi connectivity index (χ1n) is 10.0. The number of fused-ring (bicyclic) bond motifs is 1. The van der Waals surface area contributed by atoms with Crippen molar-refractivity contribution in [1.82, 2.24) is 4.90 Å². The Morgan fingerprint density at radius 3 is 2.10 bits per heavy atom. The van der Waals surface area contributed by atoms with E-state index in [1.807, 2.05) is 24.3 Å². The Kier molecular flexibility index (Phi) is 4.68. The van der Waals surface area contributed by atoms with Gasteiger partial charge in [-0.15, -0.1) is 0 Å². The standard InChI is InChI=1S/C25H24N2O3/c1-28-19-12-9-16(10-13-19)22-24-23(17-7-5-4-6-8-17)27(24)25(26-22)18-11-14-20(29-2)21(15-18)30-3/h4-15,23-25H,1-3H3. The molecule has 2 aliphatic heterocycles. The lowest BCUT2D eigenvalue weighted by Gasteiger charge is -2.16. The fourth-order valence-electron chi connectivity index (χ4n) is 4.39. The molecule has 30 heavy (non-hydrogen) atoms. The van der Waals surface area contributed by atoms with E-state index in [0.29, 0.717) is 6.04 Å². The highest BCUT2D eigenvalue weighted by Gasteiger charge is 2.59. The molecule has 0 aromatic heterocycles. The first-order valence-corrected chi connectivity index (χ1v) is 10.0. The molecule has 0 radical (unpaired) electrons. The maximum absolute atomic E-state index is 5.53. The second-order valence-corrected chi connectivity index (χ2v) is 7.48. The number of benzene rings is 3. The molecule has 4 unspecified atom stereocenters. The van der Waals surface area contributed by atoms with Crippen LogP contribution in [0.1, 0.15) is 28.9 Å². The highest BCUT2D eigenvalue weighted by Crippen LogP contribution is 2.56. The summed E-state index contributed by atoms with van der Waals surface area (Å²) in [6.45, 7) is 0. The van der Waals surface area contributed by atoms with Crippen LogP contribution in [0.25, 0.3) is 0 Å². The van der Waals surface area contributed by atoms with Gasteiger partial charge in [0.15, 0.2) is 11.5 Å². The molecule has 0 bridgehead atoms. The zero-order valence-electron chi connectivity index (χ0n) is 17.3. The van der Waals surface area contributed by atoms with Crippen LogP contribution in [0, 0.1) is 0 Å². The van der Waals surface area contributed by atoms with Crippen molar-refractivity contribution in [3.05, 3.63) is 89.5 Å². The molecule has 1 saturated heterocycles.